The summed E-state index contributed by atoms with van der Waals surface area (Å²) in [4.78, 5) is 17.3. The molecule has 1 unspecified atom stereocenters. The van der Waals surface area contributed by atoms with Gasteiger partial charge >= 0.3 is 0 Å². The van der Waals surface area contributed by atoms with Gasteiger partial charge in [0.2, 0.25) is 5.91 Å². The fourth-order valence-electron chi connectivity index (χ4n) is 4.50. The lowest BCUT2D eigenvalue weighted by molar-refractivity contribution is -0.120. The molecule has 1 heterocycles. The van der Waals surface area contributed by atoms with Crippen LogP contribution in [0.3, 0.4) is 0 Å². The molecule has 3 aromatic rings. The fraction of sp³-hybridized carbons (Fsp3) is 0.370. The van der Waals surface area contributed by atoms with E-state index >= 15 is 0 Å². The number of aryl methyl sites for hydroxylation is 2. The fourth-order valence-corrected chi connectivity index (χ4v) is 5.46. The minimum Gasteiger partial charge on any atom is -0.307 e. The number of rotatable bonds is 6. The van der Waals surface area contributed by atoms with E-state index in [4.69, 9.17) is 0 Å². The van der Waals surface area contributed by atoms with Crippen molar-refractivity contribution in [1.29, 1.82) is 0 Å². The molecule has 0 aliphatic heterocycles. The second kappa shape index (κ2) is 9.18. The van der Waals surface area contributed by atoms with E-state index in [-0.39, 0.29) is 11.8 Å². The molecule has 30 heavy (non-hydrogen) atoms. The van der Waals surface area contributed by atoms with Gasteiger partial charge in [0, 0.05) is 10.6 Å². The highest BCUT2D eigenvalue weighted by Gasteiger charge is 2.31. The monoisotopic (exact) mass is 417 g/mol. The van der Waals surface area contributed by atoms with Crippen LogP contribution in [0.2, 0.25) is 0 Å². The van der Waals surface area contributed by atoms with Crippen LogP contribution in [-0.4, -0.2) is 5.91 Å². The van der Waals surface area contributed by atoms with Crippen molar-refractivity contribution in [2.45, 2.75) is 64.8 Å². The zero-order chi connectivity index (χ0) is 21.1. The number of thiophene rings is 1. The van der Waals surface area contributed by atoms with Crippen LogP contribution in [0.25, 0.3) is 0 Å². The van der Waals surface area contributed by atoms with Gasteiger partial charge < -0.3 is 4.90 Å². The number of fused-ring (bicyclic) bond motifs is 1. The number of carbonyl (C=O) groups is 1. The molecule has 0 saturated heterocycles. The van der Waals surface area contributed by atoms with Gasteiger partial charge in [0.15, 0.2) is 0 Å². The lowest BCUT2D eigenvalue weighted by Crippen LogP contribution is -2.36. The van der Waals surface area contributed by atoms with E-state index in [2.05, 4.69) is 80.7 Å². The third-order valence-corrected chi connectivity index (χ3v) is 7.27. The summed E-state index contributed by atoms with van der Waals surface area (Å²) in [7, 11) is 0. The van der Waals surface area contributed by atoms with Gasteiger partial charge in [-0.2, -0.15) is 0 Å². The van der Waals surface area contributed by atoms with Crippen LogP contribution in [-0.2, 0) is 24.2 Å². The Kier molecular flexibility index (Phi) is 6.38. The molecule has 1 amide bonds. The van der Waals surface area contributed by atoms with Crippen LogP contribution >= 0.6 is 11.3 Å². The molecular formula is C27H31NOS. The number of anilines is 1. The number of benzene rings is 2. The Morgan fingerprint density at radius 1 is 1.10 bits per heavy atom. The normalized spacial score (nSPS) is 15.8. The summed E-state index contributed by atoms with van der Waals surface area (Å²) < 4.78 is 0. The molecular weight excluding hydrogens is 386 g/mol. The topological polar surface area (TPSA) is 20.3 Å². The molecule has 0 saturated carbocycles. The van der Waals surface area contributed by atoms with Crippen LogP contribution < -0.4 is 4.90 Å². The number of amides is 1. The molecule has 0 fully saturated rings. The maximum atomic E-state index is 13.9. The third kappa shape index (κ3) is 4.22. The van der Waals surface area contributed by atoms with Gasteiger partial charge in [-0.05, 0) is 77.4 Å². The van der Waals surface area contributed by atoms with Gasteiger partial charge in [-0.3, -0.25) is 4.79 Å². The molecule has 1 aromatic heterocycles. The van der Waals surface area contributed by atoms with E-state index in [1.54, 1.807) is 11.3 Å². The van der Waals surface area contributed by atoms with Crippen molar-refractivity contribution in [3.8, 4) is 0 Å². The van der Waals surface area contributed by atoms with Crippen molar-refractivity contribution in [1.82, 2.24) is 0 Å². The van der Waals surface area contributed by atoms with Crippen molar-refractivity contribution < 1.29 is 4.79 Å². The first kappa shape index (κ1) is 20.9. The van der Waals surface area contributed by atoms with Crippen LogP contribution in [0.4, 0.5) is 5.69 Å². The Hall–Kier alpha value is -2.39. The highest BCUT2D eigenvalue weighted by atomic mass is 32.1. The van der Waals surface area contributed by atoms with Crippen molar-refractivity contribution in [3.05, 3.63) is 87.1 Å². The molecule has 0 radical (unpaired) electrons. The van der Waals surface area contributed by atoms with Gasteiger partial charge in [0.25, 0.3) is 0 Å². The summed E-state index contributed by atoms with van der Waals surface area (Å²) in [5.41, 5.74) is 6.21. The molecule has 0 N–H and O–H groups in total. The van der Waals surface area contributed by atoms with E-state index in [0.717, 1.165) is 31.4 Å². The van der Waals surface area contributed by atoms with Gasteiger partial charge in [-0.15, -0.1) is 11.3 Å². The molecule has 156 valence electrons. The van der Waals surface area contributed by atoms with Crippen molar-refractivity contribution in [2.75, 3.05) is 4.90 Å². The van der Waals surface area contributed by atoms with Gasteiger partial charge in [-0.25, -0.2) is 0 Å². The molecule has 0 bridgehead atoms. The van der Waals surface area contributed by atoms with Crippen LogP contribution in [0.1, 0.15) is 72.6 Å². The molecule has 1 atom stereocenters. The quantitative estimate of drug-likeness (QED) is 0.419. The Morgan fingerprint density at radius 3 is 2.60 bits per heavy atom. The van der Waals surface area contributed by atoms with Crippen LogP contribution in [0.5, 0.6) is 0 Å². The molecule has 1 aliphatic carbocycles. The SMILES string of the molecule is CCc1ccsc1CN(C(=O)C1CCCc2ccccc21)c1ccc(C(C)C)cc1. The Balaban J connectivity index is 1.70. The van der Waals surface area contributed by atoms with E-state index in [0.29, 0.717) is 12.5 Å². The number of carbonyl (C=O) groups excluding carboxylic acids is 1. The van der Waals surface area contributed by atoms with E-state index in [1.165, 1.54) is 27.1 Å². The van der Waals surface area contributed by atoms with Crippen molar-refractivity contribution >= 4 is 22.9 Å². The zero-order valence-electron chi connectivity index (χ0n) is 18.2. The maximum Gasteiger partial charge on any atom is 0.234 e. The Labute approximate surface area is 184 Å². The highest BCUT2D eigenvalue weighted by molar-refractivity contribution is 7.10. The molecule has 1 aliphatic rings. The largest absolute Gasteiger partial charge is 0.307 e. The number of nitrogens with zero attached hydrogens (tertiary/aromatic N) is 1. The van der Waals surface area contributed by atoms with Crippen molar-refractivity contribution in [3.63, 3.8) is 0 Å². The summed E-state index contributed by atoms with van der Waals surface area (Å²) in [6.07, 6.45) is 4.08. The lowest BCUT2D eigenvalue weighted by atomic mass is 9.82. The third-order valence-electron chi connectivity index (χ3n) is 6.33. The van der Waals surface area contributed by atoms with Gasteiger partial charge in [-0.1, -0.05) is 57.2 Å². The highest BCUT2D eigenvalue weighted by Crippen LogP contribution is 2.35. The minimum absolute atomic E-state index is 0.0511. The van der Waals surface area contributed by atoms with E-state index in [1.807, 2.05) is 4.90 Å². The second-order valence-electron chi connectivity index (χ2n) is 8.54. The summed E-state index contributed by atoms with van der Waals surface area (Å²) >= 11 is 1.76. The first-order chi connectivity index (χ1) is 14.6. The average molecular weight is 418 g/mol. The Bertz CT molecular complexity index is 1000. The minimum atomic E-state index is -0.0511. The first-order valence-electron chi connectivity index (χ1n) is 11.1. The lowest BCUT2D eigenvalue weighted by Gasteiger charge is -2.31. The average Bonchev–Trinajstić information content (AvgIpc) is 3.24. The summed E-state index contributed by atoms with van der Waals surface area (Å²) in [5, 5.41) is 2.15. The summed E-state index contributed by atoms with van der Waals surface area (Å²) in [6.45, 7) is 7.25. The van der Waals surface area contributed by atoms with Crippen LogP contribution in [0.15, 0.2) is 60.0 Å². The van der Waals surface area contributed by atoms with Gasteiger partial charge in [0.1, 0.15) is 0 Å². The van der Waals surface area contributed by atoms with E-state index in [9.17, 15) is 4.79 Å². The maximum absolute atomic E-state index is 13.9. The number of hydrogen-bond acceptors (Lipinski definition) is 2. The molecule has 2 aromatic carbocycles. The molecule has 2 nitrogen and oxygen atoms in total. The second-order valence-corrected chi connectivity index (χ2v) is 9.54. The molecule has 4 rings (SSSR count). The van der Waals surface area contributed by atoms with Crippen LogP contribution in [0, 0.1) is 0 Å². The molecule has 3 heteroatoms. The summed E-state index contributed by atoms with van der Waals surface area (Å²) in [6, 6.07) is 19.3. The summed E-state index contributed by atoms with van der Waals surface area (Å²) in [5.74, 6) is 0.664. The Morgan fingerprint density at radius 2 is 1.87 bits per heavy atom. The van der Waals surface area contributed by atoms with Gasteiger partial charge in [0.05, 0.1) is 12.5 Å². The van der Waals surface area contributed by atoms with Crippen molar-refractivity contribution in [2.24, 2.45) is 0 Å². The standard InChI is InChI=1S/C27H31NOS/c1-4-20-16-17-30-26(20)18-28(23-14-12-21(13-15-23)19(2)3)27(29)25-11-7-9-22-8-5-6-10-24(22)25/h5-6,8,10,12-17,19,25H,4,7,9,11,18H2,1-3H3. The zero-order valence-corrected chi connectivity index (χ0v) is 19.0. The molecule has 0 spiro atoms. The predicted octanol–water partition coefficient (Wildman–Crippen LogP) is 7.09. The predicted molar refractivity (Wildman–Crippen MR) is 128 cm³/mol. The first-order valence-corrected chi connectivity index (χ1v) is 12.0. The smallest absolute Gasteiger partial charge is 0.234 e. The van der Waals surface area contributed by atoms with E-state index < -0.39 is 0 Å². The number of hydrogen-bond donors (Lipinski definition) is 0.